The number of anilines is 1. The molecule has 0 saturated heterocycles. The molecule has 8 heteroatoms. The van der Waals surface area contributed by atoms with Gasteiger partial charge in [-0.25, -0.2) is 4.99 Å². The first kappa shape index (κ1) is 21.0. The van der Waals surface area contributed by atoms with Crippen LogP contribution < -0.4 is 16.0 Å². The van der Waals surface area contributed by atoms with E-state index in [1.54, 1.807) is 24.3 Å². The van der Waals surface area contributed by atoms with E-state index in [1.807, 2.05) is 31.2 Å². The smallest absolute Gasteiger partial charge is 0.303 e. The highest BCUT2D eigenvalue weighted by atomic mass is 16.4. The van der Waals surface area contributed by atoms with Crippen LogP contribution in [0.15, 0.2) is 53.5 Å². The molecule has 0 aromatic heterocycles. The highest BCUT2D eigenvalue weighted by Crippen LogP contribution is 2.20. The molecule has 156 valence electrons. The Balaban J connectivity index is 1.53. The first-order valence-electron chi connectivity index (χ1n) is 9.71. The molecule has 4 N–H and O–H groups in total. The van der Waals surface area contributed by atoms with E-state index in [2.05, 4.69) is 20.9 Å². The van der Waals surface area contributed by atoms with Gasteiger partial charge in [-0.2, -0.15) is 0 Å². The number of guanidine groups is 1. The molecule has 8 nitrogen and oxygen atoms in total. The van der Waals surface area contributed by atoms with Crippen molar-refractivity contribution in [3.8, 4) is 0 Å². The summed E-state index contributed by atoms with van der Waals surface area (Å²) in [4.78, 5) is 38.6. The molecule has 1 heterocycles. The van der Waals surface area contributed by atoms with Gasteiger partial charge in [-0.05, 0) is 41.7 Å². The van der Waals surface area contributed by atoms with E-state index >= 15 is 0 Å². The summed E-state index contributed by atoms with van der Waals surface area (Å²) in [7, 11) is 0. The summed E-state index contributed by atoms with van der Waals surface area (Å²) in [6.45, 7) is 2.44. The van der Waals surface area contributed by atoms with E-state index in [4.69, 9.17) is 5.11 Å². The SMILES string of the molecule is CC(CC(=O)O)c1cccc(CCNC(=O)c2cccc(NC3=NCC(=O)N3)c2)c1. The Morgan fingerprint density at radius 3 is 2.73 bits per heavy atom. The van der Waals surface area contributed by atoms with E-state index in [0.717, 1.165) is 11.1 Å². The van der Waals surface area contributed by atoms with Gasteiger partial charge in [-0.3, -0.25) is 19.7 Å². The van der Waals surface area contributed by atoms with Gasteiger partial charge in [-0.1, -0.05) is 37.3 Å². The molecule has 1 unspecified atom stereocenters. The number of aliphatic imine (C=N–C) groups is 1. The molecule has 2 aromatic rings. The van der Waals surface area contributed by atoms with Crippen LogP contribution >= 0.6 is 0 Å². The summed E-state index contributed by atoms with van der Waals surface area (Å²) in [5, 5.41) is 17.4. The van der Waals surface area contributed by atoms with Crippen LogP contribution in [0.1, 0.15) is 40.7 Å². The number of carbonyl (C=O) groups excluding carboxylic acids is 2. The van der Waals surface area contributed by atoms with Crippen LogP contribution in [-0.2, 0) is 16.0 Å². The van der Waals surface area contributed by atoms with E-state index in [0.29, 0.717) is 30.2 Å². The molecule has 30 heavy (non-hydrogen) atoms. The summed E-state index contributed by atoms with van der Waals surface area (Å²) in [5.41, 5.74) is 3.16. The van der Waals surface area contributed by atoms with Gasteiger partial charge in [-0.15, -0.1) is 0 Å². The van der Waals surface area contributed by atoms with Crippen LogP contribution in [0.25, 0.3) is 0 Å². The van der Waals surface area contributed by atoms with Crippen LogP contribution in [0.4, 0.5) is 5.69 Å². The van der Waals surface area contributed by atoms with Gasteiger partial charge in [0.05, 0.1) is 6.42 Å². The van der Waals surface area contributed by atoms with Crippen LogP contribution in [-0.4, -0.2) is 41.9 Å². The maximum atomic E-state index is 12.5. The zero-order valence-electron chi connectivity index (χ0n) is 16.6. The molecule has 0 bridgehead atoms. The number of benzene rings is 2. The second-order valence-electron chi connectivity index (χ2n) is 7.17. The first-order valence-corrected chi connectivity index (χ1v) is 9.71. The van der Waals surface area contributed by atoms with E-state index < -0.39 is 5.97 Å². The monoisotopic (exact) mass is 408 g/mol. The van der Waals surface area contributed by atoms with Crippen LogP contribution in [0.3, 0.4) is 0 Å². The van der Waals surface area contributed by atoms with Crippen molar-refractivity contribution in [3.05, 3.63) is 65.2 Å². The Morgan fingerprint density at radius 1 is 1.20 bits per heavy atom. The Labute approximate surface area is 174 Å². The van der Waals surface area contributed by atoms with E-state index in [9.17, 15) is 14.4 Å². The summed E-state index contributed by atoms with van der Waals surface area (Å²) < 4.78 is 0. The summed E-state index contributed by atoms with van der Waals surface area (Å²) in [6.07, 6.45) is 0.723. The quantitative estimate of drug-likeness (QED) is 0.533. The van der Waals surface area contributed by atoms with Crippen molar-refractivity contribution < 1.29 is 19.5 Å². The van der Waals surface area contributed by atoms with Gasteiger partial charge in [0.15, 0.2) is 0 Å². The Hall–Kier alpha value is -3.68. The highest BCUT2D eigenvalue weighted by Gasteiger charge is 2.14. The molecule has 2 aromatic carbocycles. The maximum Gasteiger partial charge on any atom is 0.303 e. The van der Waals surface area contributed by atoms with Crippen LogP contribution in [0.2, 0.25) is 0 Å². The van der Waals surface area contributed by atoms with Gasteiger partial charge in [0, 0.05) is 17.8 Å². The molecular weight excluding hydrogens is 384 g/mol. The van der Waals surface area contributed by atoms with E-state index in [1.165, 1.54) is 0 Å². The summed E-state index contributed by atoms with van der Waals surface area (Å²) >= 11 is 0. The molecule has 0 radical (unpaired) electrons. The highest BCUT2D eigenvalue weighted by molar-refractivity contribution is 6.09. The number of aliphatic carboxylic acids is 1. The third-order valence-electron chi connectivity index (χ3n) is 4.73. The van der Waals surface area contributed by atoms with Crippen LogP contribution in [0.5, 0.6) is 0 Å². The second kappa shape index (κ2) is 9.69. The molecule has 3 rings (SSSR count). The fourth-order valence-electron chi connectivity index (χ4n) is 3.17. The van der Waals surface area contributed by atoms with Crippen molar-refractivity contribution >= 4 is 29.4 Å². The normalized spacial score (nSPS) is 13.9. The average molecular weight is 408 g/mol. The number of nitrogens with zero attached hydrogens (tertiary/aromatic N) is 1. The third-order valence-corrected chi connectivity index (χ3v) is 4.73. The molecule has 0 aliphatic carbocycles. The Bertz CT molecular complexity index is 987. The third kappa shape index (κ3) is 5.91. The molecule has 0 spiro atoms. The molecule has 1 aliphatic rings. The fraction of sp³-hybridized carbons (Fsp3) is 0.273. The van der Waals surface area contributed by atoms with E-state index in [-0.39, 0.29) is 30.7 Å². The van der Waals surface area contributed by atoms with Crippen molar-refractivity contribution in [2.45, 2.75) is 25.7 Å². The standard InChI is InChI=1S/C22H24N4O4/c1-14(10-20(28)29)16-5-2-4-15(11-16)8-9-23-21(30)17-6-3-7-18(12-17)25-22-24-13-19(27)26-22/h2-7,11-12,14H,8-10,13H2,1H3,(H,23,30)(H,28,29)(H2,24,25,26,27). The summed E-state index contributed by atoms with van der Waals surface area (Å²) in [5.74, 6) is -0.894. The first-order chi connectivity index (χ1) is 14.4. The van der Waals surface area contributed by atoms with Gasteiger partial charge < -0.3 is 15.7 Å². The van der Waals surface area contributed by atoms with Crippen molar-refractivity contribution in [2.75, 3.05) is 18.4 Å². The second-order valence-corrected chi connectivity index (χ2v) is 7.17. The van der Waals surface area contributed by atoms with Crippen molar-refractivity contribution in [2.24, 2.45) is 4.99 Å². The van der Waals surface area contributed by atoms with Gasteiger partial charge in [0.1, 0.15) is 6.54 Å². The average Bonchev–Trinajstić information content (AvgIpc) is 3.12. The molecule has 2 amide bonds. The predicted molar refractivity (Wildman–Crippen MR) is 114 cm³/mol. The molecule has 0 saturated carbocycles. The largest absolute Gasteiger partial charge is 0.481 e. The van der Waals surface area contributed by atoms with Gasteiger partial charge >= 0.3 is 5.97 Å². The maximum absolute atomic E-state index is 12.5. The number of carboxylic acid groups (broad SMARTS) is 1. The predicted octanol–water partition coefficient (Wildman–Crippen LogP) is 2.13. The minimum absolute atomic E-state index is 0.0680. The topological polar surface area (TPSA) is 120 Å². The van der Waals surface area contributed by atoms with Crippen molar-refractivity contribution in [3.63, 3.8) is 0 Å². The number of hydrogen-bond donors (Lipinski definition) is 4. The summed E-state index contributed by atoms with van der Waals surface area (Å²) in [6, 6.07) is 14.7. The lowest BCUT2D eigenvalue weighted by molar-refractivity contribution is -0.137. The van der Waals surface area contributed by atoms with Gasteiger partial charge in [0.25, 0.3) is 5.91 Å². The zero-order valence-corrected chi connectivity index (χ0v) is 16.6. The molecule has 1 atom stereocenters. The Morgan fingerprint density at radius 2 is 2.00 bits per heavy atom. The lowest BCUT2D eigenvalue weighted by Gasteiger charge is -2.12. The van der Waals surface area contributed by atoms with Crippen molar-refractivity contribution in [1.29, 1.82) is 0 Å². The number of hydrogen-bond acceptors (Lipinski definition) is 5. The number of carbonyl (C=O) groups is 3. The fourth-order valence-corrected chi connectivity index (χ4v) is 3.17. The molecule has 0 fully saturated rings. The number of amides is 2. The lowest BCUT2D eigenvalue weighted by atomic mass is 9.95. The molecule has 1 aliphatic heterocycles. The van der Waals surface area contributed by atoms with Gasteiger partial charge in [0.2, 0.25) is 11.9 Å². The molecular formula is C22H24N4O4. The number of carboxylic acids is 1. The van der Waals surface area contributed by atoms with Crippen LogP contribution in [0, 0.1) is 0 Å². The Kier molecular flexibility index (Phi) is 6.79. The minimum Gasteiger partial charge on any atom is -0.481 e. The van der Waals surface area contributed by atoms with Crippen molar-refractivity contribution in [1.82, 2.24) is 10.6 Å². The lowest BCUT2D eigenvalue weighted by Crippen LogP contribution is -2.30. The zero-order chi connectivity index (χ0) is 21.5. The number of rotatable bonds is 8. The minimum atomic E-state index is -0.820. The number of nitrogens with one attached hydrogen (secondary N) is 3.